The van der Waals surface area contributed by atoms with Crippen molar-refractivity contribution in [1.29, 1.82) is 0 Å². The zero-order valence-electron chi connectivity index (χ0n) is 11.3. The number of ether oxygens (including phenoxy) is 1. The fourth-order valence-electron chi connectivity index (χ4n) is 1.75. The van der Waals surface area contributed by atoms with Gasteiger partial charge in [-0.2, -0.15) is 0 Å². The predicted molar refractivity (Wildman–Crippen MR) is 72.1 cm³/mol. The van der Waals surface area contributed by atoms with Gasteiger partial charge in [0, 0.05) is 11.6 Å². The van der Waals surface area contributed by atoms with E-state index in [1.165, 1.54) is 6.07 Å². The molecule has 0 fully saturated rings. The van der Waals surface area contributed by atoms with E-state index in [9.17, 15) is 22.8 Å². The van der Waals surface area contributed by atoms with Crippen LogP contribution in [0.15, 0.2) is 36.4 Å². The SMILES string of the molecule is COC(=O)c1ccc(F)c(NC(=O)c2cc(F)cc(F)c2)c1. The lowest BCUT2D eigenvalue weighted by Crippen LogP contribution is -2.14. The maximum atomic E-state index is 13.7. The number of benzene rings is 2. The summed E-state index contributed by atoms with van der Waals surface area (Å²) >= 11 is 0. The highest BCUT2D eigenvalue weighted by Gasteiger charge is 2.14. The largest absolute Gasteiger partial charge is 0.465 e. The molecule has 22 heavy (non-hydrogen) atoms. The molecule has 0 saturated heterocycles. The number of nitrogens with one attached hydrogen (secondary N) is 1. The molecule has 4 nitrogen and oxygen atoms in total. The van der Waals surface area contributed by atoms with Crippen LogP contribution in [0.1, 0.15) is 20.7 Å². The Balaban J connectivity index is 2.29. The molecule has 0 heterocycles. The van der Waals surface area contributed by atoms with Crippen LogP contribution in [-0.4, -0.2) is 19.0 Å². The molecule has 2 aromatic rings. The Morgan fingerprint density at radius 1 is 0.955 bits per heavy atom. The van der Waals surface area contributed by atoms with E-state index in [2.05, 4.69) is 10.1 Å². The van der Waals surface area contributed by atoms with Gasteiger partial charge in [-0.05, 0) is 30.3 Å². The van der Waals surface area contributed by atoms with Crippen molar-refractivity contribution in [3.8, 4) is 0 Å². The van der Waals surface area contributed by atoms with Crippen LogP contribution in [-0.2, 0) is 4.74 Å². The third-order valence-corrected chi connectivity index (χ3v) is 2.76. The number of rotatable bonds is 3. The number of esters is 1. The summed E-state index contributed by atoms with van der Waals surface area (Å²) in [5, 5.41) is 2.15. The Hall–Kier alpha value is -2.83. The maximum absolute atomic E-state index is 13.7. The molecule has 0 unspecified atom stereocenters. The average molecular weight is 309 g/mol. The first kappa shape index (κ1) is 15.6. The van der Waals surface area contributed by atoms with Gasteiger partial charge in [0.05, 0.1) is 18.4 Å². The maximum Gasteiger partial charge on any atom is 0.337 e. The summed E-state index contributed by atoms with van der Waals surface area (Å²) in [6.07, 6.45) is 0. The summed E-state index contributed by atoms with van der Waals surface area (Å²) in [5.41, 5.74) is -0.609. The fraction of sp³-hybridized carbons (Fsp3) is 0.0667. The molecule has 0 saturated carbocycles. The summed E-state index contributed by atoms with van der Waals surface area (Å²) in [5.74, 6) is -4.31. The molecular weight excluding hydrogens is 299 g/mol. The Morgan fingerprint density at radius 2 is 1.59 bits per heavy atom. The number of hydrogen-bond donors (Lipinski definition) is 1. The van der Waals surface area contributed by atoms with Crippen LogP contribution in [0.5, 0.6) is 0 Å². The molecule has 0 aromatic heterocycles. The van der Waals surface area contributed by atoms with Gasteiger partial charge in [0.15, 0.2) is 0 Å². The minimum Gasteiger partial charge on any atom is -0.465 e. The third kappa shape index (κ3) is 3.43. The molecule has 7 heteroatoms. The number of halogens is 3. The van der Waals surface area contributed by atoms with Gasteiger partial charge in [-0.15, -0.1) is 0 Å². The molecular formula is C15H10F3NO3. The van der Waals surface area contributed by atoms with Crippen LogP contribution < -0.4 is 5.32 Å². The van der Waals surface area contributed by atoms with Crippen LogP contribution in [0, 0.1) is 17.5 Å². The molecule has 0 aliphatic carbocycles. The highest BCUT2D eigenvalue weighted by atomic mass is 19.1. The lowest BCUT2D eigenvalue weighted by Gasteiger charge is -2.08. The fourth-order valence-corrected chi connectivity index (χ4v) is 1.75. The minimum absolute atomic E-state index is 0.0182. The van der Waals surface area contributed by atoms with E-state index in [1.807, 2.05) is 0 Å². The first-order chi connectivity index (χ1) is 10.4. The topological polar surface area (TPSA) is 55.4 Å². The first-order valence-electron chi connectivity index (χ1n) is 6.06. The number of anilines is 1. The smallest absolute Gasteiger partial charge is 0.337 e. The number of carbonyl (C=O) groups is 2. The van der Waals surface area contributed by atoms with E-state index in [1.54, 1.807) is 0 Å². The molecule has 0 spiro atoms. The first-order valence-corrected chi connectivity index (χ1v) is 6.06. The molecule has 114 valence electrons. The van der Waals surface area contributed by atoms with Crippen molar-refractivity contribution >= 4 is 17.6 Å². The lowest BCUT2D eigenvalue weighted by atomic mass is 10.1. The Morgan fingerprint density at radius 3 is 2.18 bits per heavy atom. The van der Waals surface area contributed by atoms with E-state index >= 15 is 0 Å². The van der Waals surface area contributed by atoms with E-state index in [-0.39, 0.29) is 16.8 Å². The van der Waals surface area contributed by atoms with Gasteiger partial charge in [-0.1, -0.05) is 0 Å². The van der Waals surface area contributed by atoms with Gasteiger partial charge >= 0.3 is 5.97 Å². The monoisotopic (exact) mass is 309 g/mol. The second-order valence-electron chi connectivity index (χ2n) is 4.30. The quantitative estimate of drug-likeness (QED) is 0.886. The summed E-state index contributed by atoms with van der Waals surface area (Å²) in [4.78, 5) is 23.3. The van der Waals surface area contributed by atoms with E-state index in [0.717, 1.165) is 31.4 Å². The predicted octanol–water partition coefficient (Wildman–Crippen LogP) is 3.14. The number of methoxy groups -OCH3 is 1. The van der Waals surface area contributed by atoms with Gasteiger partial charge in [0.25, 0.3) is 5.91 Å². The number of hydrogen-bond acceptors (Lipinski definition) is 3. The van der Waals surface area contributed by atoms with Gasteiger partial charge in [0.1, 0.15) is 17.5 Å². The molecule has 1 amide bonds. The second-order valence-corrected chi connectivity index (χ2v) is 4.30. The summed E-state index contributed by atoms with van der Waals surface area (Å²) in [6.45, 7) is 0. The molecule has 2 aromatic carbocycles. The number of amides is 1. The van der Waals surface area contributed by atoms with E-state index in [0.29, 0.717) is 6.07 Å². The molecule has 2 rings (SSSR count). The van der Waals surface area contributed by atoms with E-state index in [4.69, 9.17) is 0 Å². The van der Waals surface area contributed by atoms with Crippen molar-refractivity contribution in [1.82, 2.24) is 0 Å². The molecule has 0 bridgehead atoms. The average Bonchev–Trinajstić information content (AvgIpc) is 2.47. The minimum atomic E-state index is -0.936. The van der Waals surface area contributed by atoms with Gasteiger partial charge in [-0.3, -0.25) is 4.79 Å². The standard InChI is InChI=1S/C15H10F3NO3/c1-22-15(21)8-2-3-12(18)13(6-8)19-14(20)9-4-10(16)7-11(17)5-9/h2-7H,1H3,(H,19,20). The van der Waals surface area contributed by atoms with E-state index < -0.39 is 29.3 Å². The molecule has 0 atom stereocenters. The van der Waals surface area contributed by atoms with Crippen molar-refractivity contribution in [3.63, 3.8) is 0 Å². The normalized spacial score (nSPS) is 10.2. The summed E-state index contributed by atoms with van der Waals surface area (Å²) < 4.78 is 44.3. The second kappa shape index (κ2) is 6.30. The summed E-state index contributed by atoms with van der Waals surface area (Å²) in [6, 6.07) is 5.43. The molecule has 0 aliphatic heterocycles. The molecule has 0 aliphatic rings. The van der Waals surface area contributed by atoms with Gasteiger partial charge in [-0.25, -0.2) is 18.0 Å². The van der Waals surface area contributed by atoms with Crippen molar-refractivity contribution in [2.75, 3.05) is 12.4 Å². The highest BCUT2D eigenvalue weighted by molar-refractivity contribution is 6.05. The van der Waals surface area contributed by atoms with Gasteiger partial charge < -0.3 is 10.1 Å². The zero-order chi connectivity index (χ0) is 16.3. The van der Waals surface area contributed by atoms with Crippen LogP contribution in [0.4, 0.5) is 18.9 Å². The summed E-state index contributed by atoms with van der Waals surface area (Å²) in [7, 11) is 1.15. The van der Waals surface area contributed by atoms with Crippen LogP contribution in [0.2, 0.25) is 0 Å². The highest BCUT2D eigenvalue weighted by Crippen LogP contribution is 2.18. The zero-order valence-corrected chi connectivity index (χ0v) is 11.3. The van der Waals surface area contributed by atoms with Crippen molar-refractivity contribution in [2.24, 2.45) is 0 Å². The van der Waals surface area contributed by atoms with Crippen molar-refractivity contribution < 1.29 is 27.5 Å². The Bertz CT molecular complexity index is 727. The van der Waals surface area contributed by atoms with Crippen LogP contribution >= 0.6 is 0 Å². The molecule has 0 radical (unpaired) electrons. The van der Waals surface area contributed by atoms with Gasteiger partial charge in [0.2, 0.25) is 0 Å². The molecule has 1 N–H and O–H groups in total. The lowest BCUT2D eigenvalue weighted by molar-refractivity contribution is 0.0600. The van der Waals surface area contributed by atoms with Crippen molar-refractivity contribution in [3.05, 3.63) is 65.0 Å². The van der Waals surface area contributed by atoms with Crippen LogP contribution in [0.3, 0.4) is 0 Å². The van der Waals surface area contributed by atoms with Crippen molar-refractivity contribution in [2.45, 2.75) is 0 Å². The Kier molecular flexibility index (Phi) is 4.45. The number of carbonyl (C=O) groups excluding carboxylic acids is 2. The van der Waals surface area contributed by atoms with Crippen LogP contribution in [0.25, 0.3) is 0 Å². The Labute approximate surface area is 123 Å². The third-order valence-electron chi connectivity index (χ3n) is 2.76.